The van der Waals surface area contributed by atoms with Gasteiger partial charge in [0.2, 0.25) is 0 Å². The van der Waals surface area contributed by atoms with Crippen LogP contribution in [0.1, 0.15) is 74.1 Å². The van der Waals surface area contributed by atoms with Crippen molar-refractivity contribution in [1.29, 1.82) is 0 Å². The van der Waals surface area contributed by atoms with Crippen LogP contribution < -0.4 is 0 Å². The highest BCUT2D eigenvalue weighted by Crippen LogP contribution is 2.31. The van der Waals surface area contributed by atoms with Crippen molar-refractivity contribution in [2.24, 2.45) is 0 Å². The van der Waals surface area contributed by atoms with E-state index < -0.39 is 23.2 Å². The highest BCUT2D eigenvalue weighted by Gasteiger charge is 2.47. The van der Waals surface area contributed by atoms with E-state index >= 15 is 0 Å². The van der Waals surface area contributed by atoms with E-state index in [1.54, 1.807) is 20.8 Å². The number of nitrogens with zero attached hydrogens (tertiary/aromatic N) is 1. The summed E-state index contributed by atoms with van der Waals surface area (Å²) in [6.45, 7) is 12.8. The summed E-state index contributed by atoms with van der Waals surface area (Å²) in [5.41, 5.74) is -1.85. The van der Waals surface area contributed by atoms with Crippen molar-refractivity contribution in [3.05, 3.63) is 0 Å². The lowest BCUT2D eigenvalue weighted by atomic mass is 9.87. The maximum atomic E-state index is 12.5. The van der Waals surface area contributed by atoms with E-state index in [4.69, 9.17) is 4.74 Å². The number of hydrogen-bond donors (Lipinski definition) is 1. The average molecular weight is 301 g/mol. The van der Waals surface area contributed by atoms with Gasteiger partial charge in [0.15, 0.2) is 0 Å². The molecular formula is C16H31NO4. The molecule has 0 aliphatic heterocycles. The molecule has 21 heavy (non-hydrogen) atoms. The van der Waals surface area contributed by atoms with Gasteiger partial charge in [0.25, 0.3) is 0 Å². The van der Waals surface area contributed by atoms with Crippen LogP contribution in [0, 0.1) is 0 Å². The number of rotatable bonds is 7. The summed E-state index contributed by atoms with van der Waals surface area (Å²) in [5, 5.41) is 9.77. The smallest absolute Gasteiger partial charge is 0.411 e. The summed E-state index contributed by atoms with van der Waals surface area (Å²) in [7, 11) is 0. The van der Waals surface area contributed by atoms with Gasteiger partial charge in [0.1, 0.15) is 11.1 Å². The highest BCUT2D eigenvalue weighted by atomic mass is 16.6. The largest absolute Gasteiger partial charge is 0.479 e. The van der Waals surface area contributed by atoms with Gasteiger partial charge in [-0.15, -0.1) is 0 Å². The molecule has 1 unspecified atom stereocenters. The Hall–Kier alpha value is -1.26. The zero-order valence-corrected chi connectivity index (χ0v) is 14.5. The number of unbranched alkanes of at least 4 members (excludes halogenated alkanes) is 1. The normalized spacial score (nSPS) is 14.7. The van der Waals surface area contributed by atoms with Gasteiger partial charge in [-0.3, -0.25) is 4.90 Å². The Morgan fingerprint density at radius 3 is 2.00 bits per heavy atom. The van der Waals surface area contributed by atoms with Crippen LogP contribution in [0.5, 0.6) is 0 Å². The molecular weight excluding hydrogens is 270 g/mol. The molecule has 1 atom stereocenters. The number of ether oxygens (including phenoxy) is 1. The van der Waals surface area contributed by atoms with Crippen LogP contribution in [-0.2, 0) is 9.53 Å². The van der Waals surface area contributed by atoms with Gasteiger partial charge in [-0.25, -0.2) is 9.59 Å². The third kappa shape index (κ3) is 5.21. The molecule has 0 aromatic heterocycles. The minimum atomic E-state index is -1.20. The Morgan fingerprint density at radius 1 is 1.19 bits per heavy atom. The minimum Gasteiger partial charge on any atom is -0.479 e. The molecule has 1 N–H and O–H groups in total. The van der Waals surface area contributed by atoms with Gasteiger partial charge in [-0.1, -0.05) is 26.7 Å². The van der Waals surface area contributed by atoms with Crippen molar-refractivity contribution in [1.82, 2.24) is 4.90 Å². The predicted molar refractivity (Wildman–Crippen MR) is 83.4 cm³/mol. The summed E-state index contributed by atoms with van der Waals surface area (Å²) in [6, 6.07) is -0.243. The Bertz CT molecular complexity index is 360. The molecule has 0 aromatic carbocycles. The minimum absolute atomic E-state index is 0.243. The summed E-state index contributed by atoms with van der Waals surface area (Å²) in [6.07, 6.45) is 1.88. The second kappa shape index (κ2) is 7.66. The van der Waals surface area contributed by atoms with Crippen molar-refractivity contribution in [3.8, 4) is 0 Å². The van der Waals surface area contributed by atoms with Crippen LogP contribution in [0.3, 0.4) is 0 Å². The van der Waals surface area contributed by atoms with Gasteiger partial charge in [0.05, 0.1) is 0 Å². The van der Waals surface area contributed by atoms with Gasteiger partial charge in [0, 0.05) is 6.04 Å². The maximum Gasteiger partial charge on any atom is 0.411 e. The first-order valence-corrected chi connectivity index (χ1v) is 7.77. The van der Waals surface area contributed by atoms with Crippen molar-refractivity contribution < 1.29 is 19.4 Å². The lowest BCUT2D eigenvalue weighted by Crippen LogP contribution is -2.60. The molecule has 0 bridgehead atoms. The first-order valence-electron chi connectivity index (χ1n) is 7.77. The predicted octanol–water partition coefficient (Wildman–Crippen LogP) is 4.06. The summed E-state index contributed by atoms with van der Waals surface area (Å²) < 4.78 is 5.42. The van der Waals surface area contributed by atoms with Gasteiger partial charge >= 0.3 is 12.1 Å². The lowest BCUT2D eigenvalue weighted by molar-refractivity contribution is -0.153. The number of carbonyl (C=O) groups excluding carboxylic acids is 1. The first-order chi connectivity index (χ1) is 9.51. The van der Waals surface area contributed by atoms with Crippen molar-refractivity contribution in [3.63, 3.8) is 0 Å². The van der Waals surface area contributed by atoms with E-state index in [9.17, 15) is 14.7 Å². The summed E-state index contributed by atoms with van der Waals surface area (Å²) in [5.74, 6) is -0.960. The molecule has 0 saturated carbocycles. The molecule has 1 amide bonds. The van der Waals surface area contributed by atoms with Crippen molar-refractivity contribution in [2.45, 2.75) is 91.3 Å². The molecule has 5 nitrogen and oxygen atoms in total. The van der Waals surface area contributed by atoms with E-state index in [1.807, 2.05) is 27.7 Å². The molecule has 0 spiro atoms. The van der Waals surface area contributed by atoms with Gasteiger partial charge in [-0.2, -0.15) is 0 Å². The van der Waals surface area contributed by atoms with Crippen LogP contribution in [0.15, 0.2) is 0 Å². The summed E-state index contributed by atoms with van der Waals surface area (Å²) >= 11 is 0. The molecule has 0 rings (SSSR count). The molecule has 0 saturated heterocycles. The van der Waals surface area contributed by atoms with E-state index in [0.717, 1.165) is 12.8 Å². The van der Waals surface area contributed by atoms with Crippen LogP contribution in [-0.4, -0.2) is 39.3 Å². The SMILES string of the molecule is CCCCC(CC)(C(=O)O)N(C(=O)OC(C)(C)C)C(C)C. The molecule has 0 aliphatic carbocycles. The second-order valence-corrected chi connectivity index (χ2v) is 6.74. The summed E-state index contributed by atoms with van der Waals surface area (Å²) in [4.78, 5) is 25.8. The number of carboxylic acid groups (broad SMARTS) is 1. The lowest BCUT2D eigenvalue weighted by Gasteiger charge is -2.43. The molecule has 0 aliphatic rings. The van der Waals surface area contributed by atoms with Crippen molar-refractivity contribution in [2.75, 3.05) is 0 Å². The van der Waals surface area contributed by atoms with E-state index in [1.165, 1.54) is 4.90 Å². The van der Waals surface area contributed by atoms with Crippen molar-refractivity contribution >= 4 is 12.1 Å². The third-order valence-electron chi connectivity index (χ3n) is 3.49. The molecule has 0 radical (unpaired) electrons. The Labute approximate surface area is 128 Å². The fourth-order valence-electron chi connectivity index (χ4n) is 2.49. The van der Waals surface area contributed by atoms with Crippen LogP contribution in [0.4, 0.5) is 4.79 Å². The Morgan fingerprint density at radius 2 is 1.71 bits per heavy atom. The number of carbonyl (C=O) groups is 2. The van der Waals surface area contributed by atoms with Gasteiger partial charge in [-0.05, 0) is 47.5 Å². The van der Waals surface area contributed by atoms with Crippen LogP contribution >= 0.6 is 0 Å². The van der Waals surface area contributed by atoms with E-state index in [2.05, 4.69) is 0 Å². The first kappa shape index (κ1) is 19.7. The second-order valence-electron chi connectivity index (χ2n) is 6.74. The number of carboxylic acids is 1. The maximum absolute atomic E-state index is 12.5. The monoisotopic (exact) mass is 301 g/mol. The fourth-order valence-corrected chi connectivity index (χ4v) is 2.49. The zero-order valence-electron chi connectivity index (χ0n) is 14.5. The topological polar surface area (TPSA) is 66.8 Å². The average Bonchev–Trinajstić information content (AvgIpc) is 2.30. The molecule has 0 heterocycles. The van der Waals surface area contributed by atoms with Crippen LogP contribution in [0.2, 0.25) is 0 Å². The Kier molecular flexibility index (Phi) is 7.20. The zero-order chi connectivity index (χ0) is 16.8. The standard InChI is InChI=1S/C16H31NO4/c1-8-10-11-16(9-2,13(18)19)17(12(3)4)14(20)21-15(5,6)7/h12H,8-11H2,1-7H3,(H,18,19). The third-order valence-corrected chi connectivity index (χ3v) is 3.49. The Balaban J connectivity index is 5.62. The number of aliphatic carboxylic acids is 1. The fraction of sp³-hybridized carbons (Fsp3) is 0.875. The highest BCUT2D eigenvalue weighted by molar-refractivity contribution is 5.84. The van der Waals surface area contributed by atoms with E-state index in [-0.39, 0.29) is 6.04 Å². The molecule has 0 aromatic rings. The number of hydrogen-bond acceptors (Lipinski definition) is 3. The van der Waals surface area contributed by atoms with Crippen LogP contribution in [0.25, 0.3) is 0 Å². The quantitative estimate of drug-likeness (QED) is 0.770. The number of amides is 1. The molecule has 5 heteroatoms. The van der Waals surface area contributed by atoms with E-state index in [0.29, 0.717) is 12.8 Å². The van der Waals surface area contributed by atoms with Gasteiger partial charge < -0.3 is 9.84 Å². The molecule has 124 valence electrons. The molecule has 0 fully saturated rings.